The minimum Gasteiger partial charge on any atom is -0.475 e. The van der Waals surface area contributed by atoms with Gasteiger partial charge >= 0.3 is 12.1 Å². The number of likely N-dealkylation sites (tertiary alicyclic amines) is 1. The van der Waals surface area contributed by atoms with Crippen LogP contribution in [0.2, 0.25) is 18.1 Å². The molecule has 2 saturated heterocycles. The molecule has 2 aliphatic heterocycles. The average molecular weight is 413 g/mol. The first kappa shape index (κ1) is 23.9. The summed E-state index contributed by atoms with van der Waals surface area (Å²) in [5, 5.41) is 10.8. The van der Waals surface area contributed by atoms with Crippen molar-refractivity contribution in [3.8, 4) is 0 Å². The van der Waals surface area contributed by atoms with Crippen LogP contribution in [0.3, 0.4) is 0 Å². The van der Waals surface area contributed by atoms with Gasteiger partial charge in [0.05, 0.1) is 12.1 Å². The molecule has 0 unspecified atom stereocenters. The van der Waals surface area contributed by atoms with Crippen molar-refractivity contribution in [2.24, 2.45) is 0 Å². The summed E-state index contributed by atoms with van der Waals surface area (Å²) in [6.07, 6.45) is -2.18. The van der Waals surface area contributed by atoms with Crippen LogP contribution in [0.1, 0.15) is 40.0 Å². The Morgan fingerprint density at radius 1 is 1.30 bits per heavy atom. The second kappa shape index (κ2) is 8.91. The zero-order valence-electron chi connectivity index (χ0n) is 16.7. The van der Waals surface area contributed by atoms with E-state index in [9.17, 15) is 18.0 Å². The number of piperidine rings is 1. The minimum absolute atomic E-state index is 0.159. The molecule has 2 rings (SSSR count). The third-order valence-corrected chi connectivity index (χ3v) is 9.90. The van der Waals surface area contributed by atoms with Crippen molar-refractivity contribution < 1.29 is 32.3 Å². The summed E-state index contributed by atoms with van der Waals surface area (Å²) in [5.41, 5.74) is 0. The number of rotatable bonds is 3. The second-order valence-corrected chi connectivity index (χ2v) is 13.2. The van der Waals surface area contributed by atoms with Gasteiger partial charge in [0.1, 0.15) is 0 Å². The molecule has 1 amide bonds. The highest BCUT2D eigenvalue weighted by atomic mass is 28.4. The Kier molecular flexibility index (Phi) is 7.89. The van der Waals surface area contributed by atoms with Crippen molar-refractivity contribution in [3.63, 3.8) is 0 Å². The zero-order valence-corrected chi connectivity index (χ0v) is 17.7. The van der Waals surface area contributed by atoms with Gasteiger partial charge in [-0.1, -0.05) is 20.8 Å². The van der Waals surface area contributed by atoms with Crippen LogP contribution in [0.5, 0.6) is 0 Å². The minimum atomic E-state index is -5.08. The number of nitrogens with zero attached hydrogens (tertiary/aromatic N) is 1. The van der Waals surface area contributed by atoms with Crippen LogP contribution < -0.4 is 5.32 Å². The van der Waals surface area contributed by atoms with Crippen LogP contribution in [0.4, 0.5) is 13.2 Å². The van der Waals surface area contributed by atoms with Crippen molar-refractivity contribution >= 4 is 20.2 Å². The number of hydrogen-bond donors (Lipinski definition) is 2. The van der Waals surface area contributed by atoms with E-state index in [1.807, 2.05) is 0 Å². The molecule has 0 aliphatic carbocycles. The monoisotopic (exact) mass is 412 g/mol. The van der Waals surface area contributed by atoms with E-state index in [1.165, 1.54) is 0 Å². The van der Waals surface area contributed by atoms with E-state index in [4.69, 9.17) is 14.3 Å². The summed E-state index contributed by atoms with van der Waals surface area (Å²) in [6.45, 7) is 14.2. The topological polar surface area (TPSA) is 78.9 Å². The Bertz CT molecular complexity index is 535. The van der Waals surface area contributed by atoms with Gasteiger partial charge in [-0.05, 0) is 37.5 Å². The summed E-state index contributed by atoms with van der Waals surface area (Å²) < 4.78 is 38.3. The maximum atomic E-state index is 12.0. The maximum Gasteiger partial charge on any atom is 0.490 e. The summed E-state index contributed by atoms with van der Waals surface area (Å²) in [5.74, 6) is -2.44. The molecule has 2 N–H and O–H groups in total. The highest BCUT2D eigenvalue weighted by Gasteiger charge is 2.43. The normalized spacial score (nSPS) is 24.4. The third kappa shape index (κ3) is 6.76. The highest BCUT2D eigenvalue weighted by molar-refractivity contribution is 6.74. The third-order valence-electron chi connectivity index (χ3n) is 5.40. The smallest absolute Gasteiger partial charge is 0.475 e. The van der Waals surface area contributed by atoms with Gasteiger partial charge < -0.3 is 19.7 Å². The van der Waals surface area contributed by atoms with Crippen molar-refractivity contribution in [3.05, 3.63) is 0 Å². The molecule has 0 aromatic rings. The first-order chi connectivity index (χ1) is 12.2. The summed E-state index contributed by atoms with van der Waals surface area (Å²) >= 11 is 0. The van der Waals surface area contributed by atoms with Gasteiger partial charge in [0.2, 0.25) is 5.91 Å². The van der Waals surface area contributed by atoms with E-state index in [2.05, 4.69) is 44.1 Å². The number of alkyl halides is 3. The van der Waals surface area contributed by atoms with Gasteiger partial charge in [0.25, 0.3) is 0 Å². The summed E-state index contributed by atoms with van der Waals surface area (Å²) in [6, 6.07) is 0.278. The standard InChI is InChI=1S/C15H30N2O2Si.C2HF3O2/c1-15(2,3)20(4,5)19-13-11-16-9-8-12(13)17-10-6-7-14(17)18;3-2(4,5)1(6)7/h12-13,16H,6-11H2,1-5H3;(H,6,7)/t12-,13+;/m0./s1. The molecular formula is C17H31F3N2O4Si. The number of aliphatic carboxylic acids is 1. The quantitative estimate of drug-likeness (QED) is 0.697. The lowest BCUT2D eigenvalue weighted by molar-refractivity contribution is -0.192. The molecule has 2 atom stereocenters. The Hall–Kier alpha value is -1.13. The fourth-order valence-electron chi connectivity index (χ4n) is 2.87. The van der Waals surface area contributed by atoms with Gasteiger partial charge in [-0.3, -0.25) is 4.79 Å². The average Bonchev–Trinajstić information content (AvgIpc) is 2.92. The molecule has 6 nitrogen and oxygen atoms in total. The Morgan fingerprint density at radius 2 is 1.85 bits per heavy atom. The van der Waals surface area contributed by atoms with Crippen LogP contribution in [0, 0.1) is 0 Å². The maximum absolute atomic E-state index is 12.0. The molecule has 2 fully saturated rings. The molecular weight excluding hydrogens is 381 g/mol. The lowest BCUT2D eigenvalue weighted by Gasteiger charge is -2.45. The summed E-state index contributed by atoms with van der Waals surface area (Å²) in [7, 11) is -1.79. The second-order valence-electron chi connectivity index (χ2n) is 8.47. The van der Waals surface area contributed by atoms with Crippen LogP contribution in [0.25, 0.3) is 0 Å². The molecule has 10 heteroatoms. The fraction of sp³-hybridized carbons (Fsp3) is 0.882. The first-order valence-corrected chi connectivity index (χ1v) is 12.1. The van der Waals surface area contributed by atoms with Crippen LogP contribution in [-0.2, 0) is 14.0 Å². The van der Waals surface area contributed by atoms with E-state index in [0.717, 1.165) is 38.9 Å². The van der Waals surface area contributed by atoms with Gasteiger partial charge in [-0.2, -0.15) is 13.2 Å². The van der Waals surface area contributed by atoms with Crippen molar-refractivity contribution in [1.82, 2.24) is 10.2 Å². The molecule has 0 saturated carbocycles. The Balaban J connectivity index is 0.000000445. The number of hydrogen-bond acceptors (Lipinski definition) is 4. The molecule has 0 aromatic heterocycles. The van der Waals surface area contributed by atoms with Gasteiger partial charge in [-0.15, -0.1) is 0 Å². The highest BCUT2D eigenvalue weighted by Crippen LogP contribution is 2.38. The molecule has 2 heterocycles. The predicted octanol–water partition coefficient (Wildman–Crippen LogP) is 2.99. The molecule has 158 valence electrons. The molecule has 2 aliphatic rings. The molecule has 0 bridgehead atoms. The van der Waals surface area contributed by atoms with E-state index in [-0.39, 0.29) is 17.2 Å². The van der Waals surface area contributed by atoms with Gasteiger partial charge in [0, 0.05) is 19.5 Å². The van der Waals surface area contributed by atoms with Crippen LogP contribution >= 0.6 is 0 Å². The largest absolute Gasteiger partial charge is 0.490 e. The van der Waals surface area contributed by atoms with E-state index >= 15 is 0 Å². The number of carboxylic acid groups (broad SMARTS) is 1. The van der Waals surface area contributed by atoms with Gasteiger partial charge in [0.15, 0.2) is 8.32 Å². The van der Waals surface area contributed by atoms with E-state index in [1.54, 1.807) is 0 Å². The molecule has 0 aromatic carbocycles. The fourth-order valence-corrected chi connectivity index (χ4v) is 4.22. The number of carbonyl (C=O) groups is 2. The molecule has 0 radical (unpaired) electrons. The molecule has 0 spiro atoms. The number of carbonyl (C=O) groups excluding carboxylic acids is 1. The first-order valence-electron chi connectivity index (χ1n) is 9.15. The molecule has 27 heavy (non-hydrogen) atoms. The number of nitrogens with one attached hydrogen (secondary N) is 1. The van der Waals surface area contributed by atoms with Gasteiger partial charge in [-0.25, -0.2) is 4.79 Å². The van der Waals surface area contributed by atoms with Crippen molar-refractivity contribution in [1.29, 1.82) is 0 Å². The number of halogens is 3. The SMILES string of the molecule is CC(C)(C)[Si](C)(C)O[C@@H]1CNCC[C@@H]1N1CCCC1=O.O=C(O)C(F)(F)F. The van der Waals surface area contributed by atoms with Crippen molar-refractivity contribution in [2.75, 3.05) is 19.6 Å². The predicted molar refractivity (Wildman–Crippen MR) is 98.0 cm³/mol. The number of amides is 1. The Morgan fingerprint density at radius 3 is 2.26 bits per heavy atom. The van der Waals surface area contributed by atoms with Crippen molar-refractivity contribution in [2.45, 2.75) is 76.5 Å². The van der Waals surface area contributed by atoms with E-state index in [0.29, 0.717) is 5.91 Å². The summed E-state index contributed by atoms with van der Waals surface area (Å²) in [4.78, 5) is 23.0. The van der Waals surface area contributed by atoms with E-state index < -0.39 is 20.5 Å². The Labute approximate surface area is 159 Å². The number of carboxylic acids is 1. The lowest BCUT2D eigenvalue weighted by Crippen LogP contribution is -2.58. The lowest BCUT2D eigenvalue weighted by atomic mass is 10.0. The zero-order chi connectivity index (χ0) is 21.0. The van der Waals surface area contributed by atoms with Crippen LogP contribution in [0.15, 0.2) is 0 Å². The van der Waals surface area contributed by atoms with Crippen LogP contribution in [-0.4, -0.2) is 68.2 Å².